The molecule has 0 unspecified atom stereocenters. The van der Waals surface area contributed by atoms with E-state index < -0.39 is 11.9 Å². The van der Waals surface area contributed by atoms with Crippen molar-refractivity contribution in [2.75, 3.05) is 0 Å². The molecule has 16 heavy (non-hydrogen) atoms. The van der Waals surface area contributed by atoms with E-state index in [1.165, 1.54) is 0 Å². The Morgan fingerprint density at radius 2 is 1.88 bits per heavy atom. The summed E-state index contributed by atoms with van der Waals surface area (Å²) < 4.78 is 4.42. The molecule has 0 saturated carbocycles. The summed E-state index contributed by atoms with van der Waals surface area (Å²) in [6, 6.07) is 9.75. The van der Waals surface area contributed by atoms with Crippen LogP contribution in [0.3, 0.4) is 0 Å². The number of cyclic esters (lactones) is 2. The molecule has 1 aliphatic rings. The van der Waals surface area contributed by atoms with E-state index in [9.17, 15) is 9.59 Å². The number of hydrogen-bond acceptors (Lipinski definition) is 3. The van der Waals surface area contributed by atoms with Crippen molar-refractivity contribution in [2.45, 2.75) is 12.8 Å². The van der Waals surface area contributed by atoms with Gasteiger partial charge in [0.2, 0.25) is 0 Å². The summed E-state index contributed by atoms with van der Waals surface area (Å²) in [6.45, 7) is 0. The van der Waals surface area contributed by atoms with E-state index in [4.69, 9.17) is 0 Å². The van der Waals surface area contributed by atoms with E-state index in [1.807, 2.05) is 30.3 Å². The van der Waals surface area contributed by atoms with Crippen molar-refractivity contribution in [3.8, 4) is 0 Å². The fourth-order valence-electron chi connectivity index (χ4n) is 1.44. The Balaban J connectivity index is 0.00000128. The molecular weight excluding hydrogens is 215 g/mol. The molecule has 0 amide bonds. The van der Waals surface area contributed by atoms with E-state index in [2.05, 4.69) is 4.74 Å². The normalized spacial score (nSPS) is 17.1. The second-order valence-corrected chi connectivity index (χ2v) is 3.36. The van der Waals surface area contributed by atoms with Gasteiger partial charge in [-0.3, -0.25) is 4.79 Å². The van der Waals surface area contributed by atoms with Crippen molar-refractivity contribution in [3.63, 3.8) is 0 Å². The van der Waals surface area contributed by atoms with E-state index >= 15 is 0 Å². The third-order valence-corrected chi connectivity index (χ3v) is 2.23. The Labute approximate surface area is 116 Å². The molecule has 0 aromatic heterocycles. The number of benzene rings is 1. The van der Waals surface area contributed by atoms with Gasteiger partial charge in [0, 0.05) is 5.57 Å². The van der Waals surface area contributed by atoms with Gasteiger partial charge in [-0.25, -0.2) is 4.79 Å². The van der Waals surface area contributed by atoms with Crippen molar-refractivity contribution in [1.29, 1.82) is 0 Å². The molecule has 3 nitrogen and oxygen atoms in total. The molecule has 2 rings (SSSR count). The Bertz CT molecular complexity index is 423. The van der Waals surface area contributed by atoms with Gasteiger partial charge >= 0.3 is 41.5 Å². The average molecular weight is 226 g/mol. The average Bonchev–Trinajstić information content (AvgIpc) is 2.56. The molecule has 4 heteroatoms. The van der Waals surface area contributed by atoms with Gasteiger partial charge in [0.25, 0.3) is 0 Å². The maximum absolute atomic E-state index is 11.1. The number of rotatable bonds is 2. The summed E-state index contributed by atoms with van der Waals surface area (Å²) in [5.74, 6) is -0.963. The SMILES string of the molecule is O=C1CC(=CCc2ccccc2)C(=O)O1.[NaH]. The zero-order chi connectivity index (χ0) is 10.7. The second-order valence-electron chi connectivity index (χ2n) is 3.36. The molecule has 0 N–H and O–H groups in total. The third-order valence-electron chi connectivity index (χ3n) is 2.23. The molecule has 1 heterocycles. The zero-order valence-electron chi connectivity index (χ0n) is 8.10. The van der Waals surface area contributed by atoms with Crippen LogP contribution in [0.15, 0.2) is 42.0 Å². The molecule has 0 atom stereocenters. The quantitative estimate of drug-likeness (QED) is 0.327. The second kappa shape index (κ2) is 5.99. The van der Waals surface area contributed by atoms with Gasteiger partial charge in [-0.2, -0.15) is 0 Å². The standard InChI is InChI=1S/C12H10O3.Na.H/c13-11-8-10(12(14)15-11)7-6-9-4-2-1-3-5-9;;/h1-5,7H,6,8H2;;. The van der Waals surface area contributed by atoms with E-state index in [-0.39, 0.29) is 36.0 Å². The number of esters is 2. The molecule has 0 radical (unpaired) electrons. The van der Waals surface area contributed by atoms with Crippen LogP contribution < -0.4 is 0 Å². The fourth-order valence-corrected chi connectivity index (χ4v) is 1.44. The zero-order valence-corrected chi connectivity index (χ0v) is 8.10. The molecule has 1 aromatic rings. The van der Waals surface area contributed by atoms with Crippen LogP contribution in [0, 0.1) is 0 Å². The van der Waals surface area contributed by atoms with Crippen molar-refractivity contribution >= 4 is 41.5 Å². The molecule has 0 spiro atoms. The number of hydrogen-bond donors (Lipinski definition) is 0. The summed E-state index contributed by atoms with van der Waals surface area (Å²) >= 11 is 0. The molecule has 1 aliphatic heterocycles. The first-order valence-electron chi connectivity index (χ1n) is 4.73. The van der Waals surface area contributed by atoms with Crippen molar-refractivity contribution in [3.05, 3.63) is 47.5 Å². The first-order valence-corrected chi connectivity index (χ1v) is 4.73. The van der Waals surface area contributed by atoms with E-state index in [1.54, 1.807) is 6.08 Å². The van der Waals surface area contributed by atoms with Crippen molar-refractivity contribution in [1.82, 2.24) is 0 Å². The van der Waals surface area contributed by atoms with Crippen LogP contribution in [0.4, 0.5) is 0 Å². The predicted molar refractivity (Wildman–Crippen MR) is 61.1 cm³/mol. The molecular formula is C12H11NaO3. The first kappa shape index (κ1) is 13.2. The Hall–Kier alpha value is -0.900. The maximum atomic E-state index is 11.1. The molecule has 0 bridgehead atoms. The summed E-state index contributed by atoms with van der Waals surface area (Å²) in [7, 11) is 0. The predicted octanol–water partition coefficient (Wildman–Crippen LogP) is 0.980. The minimum atomic E-state index is -0.504. The summed E-state index contributed by atoms with van der Waals surface area (Å²) in [5.41, 5.74) is 1.57. The van der Waals surface area contributed by atoms with Crippen LogP contribution >= 0.6 is 0 Å². The van der Waals surface area contributed by atoms with Crippen LogP contribution in [-0.4, -0.2) is 41.5 Å². The Kier molecular flexibility index (Phi) is 4.93. The fraction of sp³-hybridized carbons (Fsp3) is 0.167. The van der Waals surface area contributed by atoms with Crippen LogP contribution in [-0.2, 0) is 20.7 Å². The molecule has 0 aliphatic carbocycles. The molecule has 1 saturated heterocycles. The van der Waals surface area contributed by atoms with E-state index in [0.717, 1.165) is 5.56 Å². The van der Waals surface area contributed by atoms with Crippen molar-refractivity contribution < 1.29 is 14.3 Å². The molecule has 78 valence electrons. The monoisotopic (exact) mass is 226 g/mol. The first-order chi connectivity index (χ1) is 7.25. The van der Waals surface area contributed by atoms with Gasteiger partial charge in [-0.05, 0) is 12.0 Å². The van der Waals surface area contributed by atoms with Gasteiger partial charge in [-0.1, -0.05) is 36.4 Å². The van der Waals surface area contributed by atoms with Gasteiger partial charge in [0.1, 0.15) is 0 Å². The Morgan fingerprint density at radius 1 is 1.19 bits per heavy atom. The number of allylic oxidation sites excluding steroid dienone is 1. The summed E-state index contributed by atoms with van der Waals surface area (Å²) in [6.07, 6.45) is 2.51. The van der Waals surface area contributed by atoms with Gasteiger partial charge in [0.05, 0.1) is 6.42 Å². The third kappa shape index (κ3) is 3.30. The van der Waals surface area contributed by atoms with Crippen LogP contribution in [0.5, 0.6) is 0 Å². The number of carbonyl (C=O) groups excluding carboxylic acids is 2. The Morgan fingerprint density at radius 3 is 2.44 bits per heavy atom. The molecule has 1 aromatic carbocycles. The summed E-state index contributed by atoms with van der Waals surface area (Å²) in [5, 5.41) is 0. The van der Waals surface area contributed by atoms with E-state index in [0.29, 0.717) is 12.0 Å². The molecule has 1 fully saturated rings. The van der Waals surface area contributed by atoms with Gasteiger partial charge in [-0.15, -0.1) is 0 Å². The number of carbonyl (C=O) groups is 2. The van der Waals surface area contributed by atoms with Gasteiger partial charge in [0.15, 0.2) is 0 Å². The van der Waals surface area contributed by atoms with Crippen LogP contribution in [0.25, 0.3) is 0 Å². The van der Waals surface area contributed by atoms with Crippen LogP contribution in [0.2, 0.25) is 0 Å². The van der Waals surface area contributed by atoms with Gasteiger partial charge < -0.3 is 4.74 Å². The van der Waals surface area contributed by atoms with Crippen LogP contribution in [0.1, 0.15) is 12.0 Å². The minimum absolute atomic E-state index is 0. The topological polar surface area (TPSA) is 43.4 Å². The van der Waals surface area contributed by atoms with Crippen molar-refractivity contribution in [2.24, 2.45) is 0 Å². The number of ether oxygens (including phenoxy) is 1. The summed E-state index contributed by atoms with van der Waals surface area (Å²) in [4.78, 5) is 21.9.